The predicted molar refractivity (Wildman–Crippen MR) is 56.4 cm³/mol. The second kappa shape index (κ2) is 4.72. The first-order valence-corrected chi connectivity index (χ1v) is 5.18. The first kappa shape index (κ1) is 9.89. The summed E-state index contributed by atoms with van der Waals surface area (Å²) < 4.78 is 0. The van der Waals surface area contributed by atoms with Gasteiger partial charge >= 0.3 is 6.03 Å². The number of aromatic nitrogens is 2. The summed E-state index contributed by atoms with van der Waals surface area (Å²) in [4.78, 5) is 19.2. The summed E-state index contributed by atoms with van der Waals surface area (Å²) in [6.45, 7) is 0. The molecule has 0 unspecified atom stereocenters. The minimum absolute atomic E-state index is 0.180. The highest BCUT2D eigenvalue weighted by atomic mass is 16.2. The van der Waals surface area contributed by atoms with Gasteiger partial charge in [0.15, 0.2) is 0 Å². The Labute approximate surface area is 88.3 Å². The molecule has 0 bridgehead atoms. The molecular weight excluding hydrogens is 192 g/mol. The molecule has 15 heavy (non-hydrogen) atoms. The number of hydrogen-bond donors (Lipinski definition) is 2. The average molecular weight is 206 g/mol. The summed E-state index contributed by atoms with van der Waals surface area (Å²) in [6.07, 6.45) is 7.58. The standard InChI is InChI=1S/C10H14N4O/c15-10(13-8-3-1-2-4-8)14-9-5-6-11-7-12-9/h5-8H,1-4H2,(H2,11,12,13,14,15). The molecule has 1 fully saturated rings. The molecule has 2 amide bonds. The molecule has 1 aliphatic rings. The van der Waals surface area contributed by atoms with Crippen molar-refractivity contribution in [1.29, 1.82) is 0 Å². The first-order chi connectivity index (χ1) is 7.34. The quantitative estimate of drug-likeness (QED) is 0.771. The molecule has 2 rings (SSSR count). The normalized spacial score (nSPS) is 16.3. The molecule has 1 aromatic rings. The van der Waals surface area contributed by atoms with Gasteiger partial charge in [-0.1, -0.05) is 12.8 Å². The maximum absolute atomic E-state index is 11.5. The molecule has 0 atom stereocenters. The highest BCUT2D eigenvalue weighted by Crippen LogP contribution is 2.17. The second-order valence-corrected chi connectivity index (χ2v) is 3.67. The zero-order chi connectivity index (χ0) is 10.5. The summed E-state index contributed by atoms with van der Waals surface area (Å²) >= 11 is 0. The van der Waals surface area contributed by atoms with Crippen LogP contribution in [0.15, 0.2) is 18.6 Å². The molecule has 0 aliphatic heterocycles. The highest BCUT2D eigenvalue weighted by molar-refractivity contribution is 5.88. The third-order valence-corrected chi connectivity index (χ3v) is 2.51. The topological polar surface area (TPSA) is 66.9 Å². The van der Waals surface area contributed by atoms with Crippen molar-refractivity contribution >= 4 is 11.8 Å². The van der Waals surface area contributed by atoms with E-state index in [1.165, 1.54) is 19.2 Å². The van der Waals surface area contributed by atoms with Crippen LogP contribution in [0.1, 0.15) is 25.7 Å². The van der Waals surface area contributed by atoms with E-state index >= 15 is 0 Å². The first-order valence-electron chi connectivity index (χ1n) is 5.18. The fourth-order valence-corrected chi connectivity index (χ4v) is 1.77. The van der Waals surface area contributed by atoms with Crippen LogP contribution in [0.4, 0.5) is 10.6 Å². The molecule has 1 heterocycles. The van der Waals surface area contributed by atoms with Gasteiger partial charge in [0.2, 0.25) is 0 Å². The van der Waals surface area contributed by atoms with Crippen molar-refractivity contribution < 1.29 is 4.79 Å². The Hall–Kier alpha value is -1.65. The van der Waals surface area contributed by atoms with Crippen LogP contribution >= 0.6 is 0 Å². The molecule has 0 saturated heterocycles. The molecule has 2 N–H and O–H groups in total. The van der Waals surface area contributed by atoms with E-state index in [-0.39, 0.29) is 6.03 Å². The van der Waals surface area contributed by atoms with Crippen molar-refractivity contribution in [2.45, 2.75) is 31.7 Å². The molecular formula is C10H14N4O. The third-order valence-electron chi connectivity index (χ3n) is 2.51. The summed E-state index contributed by atoms with van der Waals surface area (Å²) in [5, 5.41) is 5.58. The van der Waals surface area contributed by atoms with Gasteiger partial charge in [0.05, 0.1) is 0 Å². The number of rotatable bonds is 2. The Morgan fingerprint density at radius 2 is 2.20 bits per heavy atom. The lowest BCUT2D eigenvalue weighted by Crippen LogP contribution is -2.36. The van der Waals surface area contributed by atoms with Crippen LogP contribution in [0.25, 0.3) is 0 Å². The number of carbonyl (C=O) groups is 1. The van der Waals surface area contributed by atoms with Crippen molar-refractivity contribution in [2.75, 3.05) is 5.32 Å². The molecule has 5 heteroatoms. The minimum atomic E-state index is -0.180. The Bertz CT molecular complexity index is 321. The Balaban J connectivity index is 1.82. The summed E-state index contributed by atoms with van der Waals surface area (Å²) in [6, 6.07) is 1.81. The number of anilines is 1. The van der Waals surface area contributed by atoms with Crippen molar-refractivity contribution in [2.24, 2.45) is 0 Å². The maximum atomic E-state index is 11.5. The van der Waals surface area contributed by atoms with Crippen molar-refractivity contribution in [1.82, 2.24) is 15.3 Å². The molecule has 0 radical (unpaired) electrons. The molecule has 1 aromatic heterocycles. The van der Waals surface area contributed by atoms with E-state index < -0.39 is 0 Å². The van der Waals surface area contributed by atoms with Crippen LogP contribution in [0.3, 0.4) is 0 Å². The fourth-order valence-electron chi connectivity index (χ4n) is 1.77. The maximum Gasteiger partial charge on any atom is 0.320 e. The van der Waals surface area contributed by atoms with Crippen molar-refractivity contribution in [3.63, 3.8) is 0 Å². The van der Waals surface area contributed by atoms with Crippen LogP contribution in [-0.2, 0) is 0 Å². The predicted octanol–water partition coefficient (Wildman–Crippen LogP) is 1.54. The van der Waals surface area contributed by atoms with Gasteiger partial charge in [-0.2, -0.15) is 0 Å². The van der Waals surface area contributed by atoms with E-state index in [1.54, 1.807) is 12.3 Å². The second-order valence-electron chi connectivity index (χ2n) is 3.67. The number of carbonyl (C=O) groups excluding carboxylic acids is 1. The van der Waals surface area contributed by atoms with Gasteiger partial charge in [-0.15, -0.1) is 0 Å². The summed E-state index contributed by atoms with van der Waals surface area (Å²) in [5.41, 5.74) is 0. The van der Waals surface area contributed by atoms with Gasteiger partial charge in [-0.05, 0) is 18.9 Å². The van der Waals surface area contributed by atoms with Gasteiger partial charge in [-0.3, -0.25) is 5.32 Å². The van der Waals surface area contributed by atoms with Crippen molar-refractivity contribution in [3.8, 4) is 0 Å². The SMILES string of the molecule is O=C(Nc1ccncn1)NC1CCCC1. The molecule has 5 nitrogen and oxygen atoms in total. The lowest BCUT2D eigenvalue weighted by atomic mass is 10.2. The number of hydrogen-bond acceptors (Lipinski definition) is 3. The van der Waals surface area contributed by atoms with E-state index in [0.717, 1.165) is 12.8 Å². The number of nitrogens with zero attached hydrogens (tertiary/aromatic N) is 2. The van der Waals surface area contributed by atoms with Crippen LogP contribution in [-0.4, -0.2) is 22.0 Å². The third kappa shape index (κ3) is 2.90. The Kier molecular flexibility index (Phi) is 3.11. The molecule has 0 aromatic carbocycles. The van der Waals surface area contributed by atoms with Crippen molar-refractivity contribution in [3.05, 3.63) is 18.6 Å². The summed E-state index contributed by atoms with van der Waals surface area (Å²) in [7, 11) is 0. The molecule has 1 saturated carbocycles. The summed E-state index contributed by atoms with van der Waals surface area (Å²) in [5.74, 6) is 0.528. The zero-order valence-corrected chi connectivity index (χ0v) is 8.44. The largest absolute Gasteiger partial charge is 0.335 e. The van der Waals surface area contributed by atoms with Gasteiger partial charge in [0, 0.05) is 12.2 Å². The fraction of sp³-hybridized carbons (Fsp3) is 0.500. The zero-order valence-electron chi connectivity index (χ0n) is 8.44. The van der Waals surface area contributed by atoms with E-state index in [1.807, 2.05) is 0 Å². The molecule has 80 valence electrons. The van der Waals surface area contributed by atoms with Gasteiger partial charge in [0.1, 0.15) is 12.1 Å². The monoisotopic (exact) mass is 206 g/mol. The van der Waals surface area contributed by atoms with E-state index in [4.69, 9.17) is 0 Å². The van der Waals surface area contributed by atoms with E-state index in [2.05, 4.69) is 20.6 Å². The Morgan fingerprint density at radius 1 is 1.40 bits per heavy atom. The number of amides is 2. The van der Waals surface area contributed by atoms with Crippen LogP contribution < -0.4 is 10.6 Å². The smallest absolute Gasteiger partial charge is 0.320 e. The van der Waals surface area contributed by atoms with Gasteiger partial charge in [0.25, 0.3) is 0 Å². The van der Waals surface area contributed by atoms with E-state index in [9.17, 15) is 4.79 Å². The molecule has 0 spiro atoms. The van der Waals surface area contributed by atoms with Crippen LogP contribution in [0.5, 0.6) is 0 Å². The van der Waals surface area contributed by atoms with E-state index in [0.29, 0.717) is 11.9 Å². The highest BCUT2D eigenvalue weighted by Gasteiger charge is 2.16. The lowest BCUT2D eigenvalue weighted by Gasteiger charge is -2.12. The minimum Gasteiger partial charge on any atom is -0.335 e. The van der Waals surface area contributed by atoms with Crippen LogP contribution in [0.2, 0.25) is 0 Å². The Morgan fingerprint density at radius 3 is 2.87 bits per heavy atom. The number of urea groups is 1. The van der Waals surface area contributed by atoms with Gasteiger partial charge < -0.3 is 5.32 Å². The molecule has 1 aliphatic carbocycles. The van der Waals surface area contributed by atoms with Gasteiger partial charge in [-0.25, -0.2) is 14.8 Å². The average Bonchev–Trinajstić information content (AvgIpc) is 2.71. The lowest BCUT2D eigenvalue weighted by molar-refractivity contribution is 0.248. The number of nitrogens with one attached hydrogen (secondary N) is 2. The van der Waals surface area contributed by atoms with Crippen LogP contribution in [0, 0.1) is 0 Å².